The quantitative estimate of drug-likeness (QED) is 0.586. The Morgan fingerprint density at radius 2 is 1.90 bits per heavy atom. The Hall–Kier alpha value is -1.43. The maximum atomic E-state index is 12.4. The highest BCUT2D eigenvalue weighted by molar-refractivity contribution is 5.81. The fraction of sp³-hybridized carbons (Fsp3) is 0.562. The molecule has 0 aliphatic rings. The number of nitrogens with zero attached hydrogens (tertiary/aromatic N) is 1. The molecular formula is C16H27N3O2. The zero-order valence-corrected chi connectivity index (χ0v) is 12.6. The van der Waals surface area contributed by atoms with Gasteiger partial charge in [-0.25, -0.2) is 0 Å². The lowest BCUT2D eigenvalue weighted by Gasteiger charge is -2.25. The largest absolute Gasteiger partial charge is 0.396 e. The SMILES string of the molecule is NCCC[C@@H](N)C(=O)N(CCCO)CCc1ccccc1. The van der Waals surface area contributed by atoms with Crippen LogP contribution < -0.4 is 11.5 Å². The molecule has 0 aromatic heterocycles. The molecular weight excluding hydrogens is 266 g/mol. The molecule has 5 nitrogen and oxygen atoms in total. The minimum Gasteiger partial charge on any atom is -0.396 e. The second-order valence-electron chi connectivity index (χ2n) is 5.18. The van der Waals surface area contributed by atoms with E-state index in [-0.39, 0.29) is 12.5 Å². The van der Waals surface area contributed by atoms with Gasteiger partial charge in [0.1, 0.15) is 0 Å². The zero-order chi connectivity index (χ0) is 15.5. The lowest BCUT2D eigenvalue weighted by Crippen LogP contribution is -2.45. The Morgan fingerprint density at radius 1 is 1.19 bits per heavy atom. The van der Waals surface area contributed by atoms with E-state index in [2.05, 4.69) is 0 Å². The van der Waals surface area contributed by atoms with Crippen molar-refractivity contribution in [1.82, 2.24) is 4.90 Å². The van der Waals surface area contributed by atoms with E-state index in [1.54, 1.807) is 4.90 Å². The Kier molecular flexibility index (Phi) is 8.66. The van der Waals surface area contributed by atoms with E-state index in [1.807, 2.05) is 30.3 Å². The van der Waals surface area contributed by atoms with Crippen LogP contribution in [0.15, 0.2) is 30.3 Å². The van der Waals surface area contributed by atoms with Crippen LogP contribution in [0.5, 0.6) is 0 Å². The predicted octanol–water partition coefficient (Wildman–Crippen LogP) is 0.506. The summed E-state index contributed by atoms with van der Waals surface area (Å²) >= 11 is 0. The molecule has 21 heavy (non-hydrogen) atoms. The number of benzene rings is 1. The van der Waals surface area contributed by atoms with Crippen molar-refractivity contribution in [2.45, 2.75) is 31.7 Å². The minimum atomic E-state index is -0.497. The summed E-state index contributed by atoms with van der Waals surface area (Å²) in [6.07, 6.45) is 2.72. The predicted molar refractivity (Wildman–Crippen MR) is 84.7 cm³/mol. The number of carbonyl (C=O) groups is 1. The second kappa shape index (κ2) is 10.3. The highest BCUT2D eigenvalue weighted by Crippen LogP contribution is 2.05. The normalized spacial score (nSPS) is 12.1. The van der Waals surface area contributed by atoms with E-state index in [0.717, 1.165) is 12.8 Å². The number of aliphatic hydroxyl groups excluding tert-OH is 1. The molecule has 0 fully saturated rings. The van der Waals surface area contributed by atoms with E-state index in [4.69, 9.17) is 16.6 Å². The van der Waals surface area contributed by atoms with E-state index in [9.17, 15) is 4.79 Å². The zero-order valence-electron chi connectivity index (χ0n) is 12.6. The summed E-state index contributed by atoms with van der Waals surface area (Å²) in [6.45, 7) is 1.78. The lowest BCUT2D eigenvalue weighted by atomic mass is 10.1. The first kappa shape index (κ1) is 17.6. The summed E-state index contributed by atoms with van der Waals surface area (Å²) in [5.41, 5.74) is 12.6. The number of nitrogens with two attached hydrogens (primary N) is 2. The Bertz CT molecular complexity index is 398. The molecule has 118 valence electrons. The fourth-order valence-corrected chi connectivity index (χ4v) is 2.20. The van der Waals surface area contributed by atoms with Crippen LogP contribution in [0.2, 0.25) is 0 Å². The summed E-state index contributed by atoms with van der Waals surface area (Å²) in [7, 11) is 0. The van der Waals surface area contributed by atoms with Gasteiger partial charge in [-0.3, -0.25) is 4.79 Å². The molecule has 0 unspecified atom stereocenters. The van der Waals surface area contributed by atoms with Crippen molar-refractivity contribution in [1.29, 1.82) is 0 Å². The van der Waals surface area contributed by atoms with Crippen LogP contribution >= 0.6 is 0 Å². The van der Waals surface area contributed by atoms with Gasteiger partial charge in [-0.1, -0.05) is 30.3 Å². The molecule has 0 spiro atoms. The molecule has 0 aliphatic heterocycles. The van der Waals surface area contributed by atoms with Crippen LogP contribution in [0.3, 0.4) is 0 Å². The summed E-state index contributed by atoms with van der Waals surface area (Å²) < 4.78 is 0. The van der Waals surface area contributed by atoms with Crippen LogP contribution in [0.1, 0.15) is 24.8 Å². The topological polar surface area (TPSA) is 92.6 Å². The van der Waals surface area contributed by atoms with Crippen LogP contribution in [-0.4, -0.2) is 48.2 Å². The molecule has 0 aliphatic carbocycles. The molecule has 1 aromatic rings. The maximum Gasteiger partial charge on any atom is 0.239 e. The number of amides is 1. The van der Waals surface area contributed by atoms with Crippen LogP contribution in [-0.2, 0) is 11.2 Å². The molecule has 0 heterocycles. The van der Waals surface area contributed by atoms with Gasteiger partial charge in [0.05, 0.1) is 6.04 Å². The number of carbonyl (C=O) groups excluding carboxylic acids is 1. The molecule has 1 aromatic carbocycles. The van der Waals surface area contributed by atoms with Crippen molar-refractivity contribution in [3.63, 3.8) is 0 Å². The van der Waals surface area contributed by atoms with Crippen LogP contribution in [0.25, 0.3) is 0 Å². The van der Waals surface area contributed by atoms with Crippen molar-refractivity contribution in [2.75, 3.05) is 26.2 Å². The first-order valence-electron chi connectivity index (χ1n) is 7.58. The van der Waals surface area contributed by atoms with Crippen molar-refractivity contribution in [2.24, 2.45) is 11.5 Å². The molecule has 0 radical (unpaired) electrons. The average molecular weight is 293 g/mol. The number of hydrogen-bond acceptors (Lipinski definition) is 4. The van der Waals surface area contributed by atoms with Crippen LogP contribution in [0, 0.1) is 0 Å². The van der Waals surface area contributed by atoms with Gasteiger partial charge in [-0.15, -0.1) is 0 Å². The number of hydrogen-bond donors (Lipinski definition) is 3. The third-order valence-electron chi connectivity index (χ3n) is 3.45. The van der Waals surface area contributed by atoms with Gasteiger partial charge in [-0.05, 0) is 37.8 Å². The molecule has 1 rings (SSSR count). The smallest absolute Gasteiger partial charge is 0.239 e. The van der Waals surface area contributed by atoms with Gasteiger partial charge in [0.2, 0.25) is 5.91 Å². The van der Waals surface area contributed by atoms with Gasteiger partial charge >= 0.3 is 0 Å². The third-order valence-corrected chi connectivity index (χ3v) is 3.45. The highest BCUT2D eigenvalue weighted by Gasteiger charge is 2.20. The molecule has 0 bridgehead atoms. The number of rotatable bonds is 10. The summed E-state index contributed by atoms with van der Waals surface area (Å²) in [5.74, 6) is -0.0483. The van der Waals surface area contributed by atoms with Gasteiger partial charge in [-0.2, -0.15) is 0 Å². The molecule has 0 saturated heterocycles. The first-order chi connectivity index (χ1) is 10.2. The molecule has 1 amide bonds. The van der Waals surface area contributed by atoms with Crippen molar-refractivity contribution >= 4 is 5.91 Å². The second-order valence-corrected chi connectivity index (χ2v) is 5.18. The highest BCUT2D eigenvalue weighted by atomic mass is 16.3. The minimum absolute atomic E-state index is 0.0483. The van der Waals surface area contributed by atoms with Crippen molar-refractivity contribution in [3.05, 3.63) is 35.9 Å². The summed E-state index contributed by atoms with van der Waals surface area (Å²) in [4.78, 5) is 14.1. The monoisotopic (exact) mass is 293 g/mol. The Morgan fingerprint density at radius 3 is 2.52 bits per heavy atom. The van der Waals surface area contributed by atoms with Gasteiger partial charge in [0.15, 0.2) is 0 Å². The van der Waals surface area contributed by atoms with Gasteiger partial charge < -0.3 is 21.5 Å². The summed E-state index contributed by atoms with van der Waals surface area (Å²) in [5, 5.41) is 8.98. The van der Waals surface area contributed by atoms with Crippen molar-refractivity contribution < 1.29 is 9.90 Å². The van der Waals surface area contributed by atoms with Crippen LogP contribution in [0.4, 0.5) is 0 Å². The van der Waals surface area contributed by atoms with E-state index in [0.29, 0.717) is 32.5 Å². The standard InChI is InChI=1S/C16H27N3O2/c17-10-4-8-15(18)16(21)19(11-5-13-20)12-9-14-6-2-1-3-7-14/h1-3,6-7,15,20H,4-5,8-13,17-18H2/t15-/m1/s1. The average Bonchev–Trinajstić information content (AvgIpc) is 2.53. The fourth-order valence-electron chi connectivity index (χ4n) is 2.20. The molecule has 1 atom stereocenters. The van der Waals surface area contributed by atoms with E-state index in [1.165, 1.54) is 5.56 Å². The van der Waals surface area contributed by atoms with E-state index < -0.39 is 6.04 Å². The van der Waals surface area contributed by atoms with Gasteiger partial charge in [0.25, 0.3) is 0 Å². The maximum absolute atomic E-state index is 12.4. The molecule has 5 heteroatoms. The van der Waals surface area contributed by atoms with E-state index >= 15 is 0 Å². The van der Waals surface area contributed by atoms with Gasteiger partial charge in [0, 0.05) is 19.7 Å². The third kappa shape index (κ3) is 6.71. The Balaban J connectivity index is 2.55. The molecule has 0 saturated carbocycles. The van der Waals surface area contributed by atoms with Crippen molar-refractivity contribution in [3.8, 4) is 0 Å². The molecule has 5 N–H and O–H groups in total. The first-order valence-corrected chi connectivity index (χ1v) is 7.58. The number of aliphatic hydroxyl groups is 1. The Labute approximate surface area is 126 Å². The summed E-state index contributed by atoms with van der Waals surface area (Å²) in [6, 6.07) is 9.54. The lowest BCUT2D eigenvalue weighted by molar-refractivity contribution is -0.132.